The third-order valence-corrected chi connectivity index (χ3v) is 4.17. The highest BCUT2D eigenvalue weighted by molar-refractivity contribution is 5.54. The molecule has 3 rings (SSSR count). The van der Waals surface area contributed by atoms with E-state index >= 15 is 0 Å². The smallest absolute Gasteiger partial charge is 0.122 e. The van der Waals surface area contributed by atoms with Crippen molar-refractivity contribution < 1.29 is 4.74 Å². The fraction of sp³-hybridized carbons (Fsp3) is 0.368. The molecule has 0 saturated heterocycles. The van der Waals surface area contributed by atoms with Gasteiger partial charge in [-0.1, -0.05) is 38.1 Å². The molecular formula is C19H23NO. The molecule has 1 aliphatic rings. The molecule has 110 valence electrons. The summed E-state index contributed by atoms with van der Waals surface area (Å²) in [6.45, 7) is 7.50. The van der Waals surface area contributed by atoms with Gasteiger partial charge < -0.3 is 10.1 Å². The molecule has 2 aromatic carbocycles. The van der Waals surface area contributed by atoms with Crippen molar-refractivity contribution in [3.05, 3.63) is 59.2 Å². The average Bonchev–Trinajstić information content (AvgIpc) is 2.94. The Labute approximate surface area is 127 Å². The highest BCUT2D eigenvalue weighted by Gasteiger charge is 2.15. The van der Waals surface area contributed by atoms with Crippen molar-refractivity contribution in [3.63, 3.8) is 0 Å². The summed E-state index contributed by atoms with van der Waals surface area (Å²) in [4.78, 5) is 0. The molecule has 0 saturated carbocycles. The van der Waals surface area contributed by atoms with Gasteiger partial charge in [0.15, 0.2) is 0 Å². The molecule has 0 bridgehead atoms. The van der Waals surface area contributed by atoms with E-state index < -0.39 is 0 Å². The minimum absolute atomic E-state index is 0.288. The van der Waals surface area contributed by atoms with Crippen molar-refractivity contribution in [3.8, 4) is 5.75 Å². The molecule has 0 radical (unpaired) electrons. The molecule has 2 nitrogen and oxygen atoms in total. The predicted octanol–water partition coefficient (Wildman–Crippen LogP) is 4.92. The first-order valence-corrected chi connectivity index (χ1v) is 7.76. The Bertz CT molecular complexity index is 633. The summed E-state index contributed by atoms with van der Waals surface area (Å²) in [5.41, 5.74) is 5.25. The summed E-state index contributed by atoms with van der Waals surface area (Å²) in [5, 5.41) is 3.66. The number of nitrogens with one attached hydrogen (secondary N) is 1. The summed E-state index contributed by atoms with van der Waals surface area (Å²) in [6.07, 6.45) is 1.03. The lowest BCUT2D eigenvalue weighted by Crippen LogP contribution is -2.09. The second kappa shape index (κ2) is 5.80. The third-order valence-electron chi connectivity index (χ3n) is 4.17. The van der Waals surface area contributed by atoms with Crippen molar-refractivity contribution in [1.29, 1.82) is 0 Å². The van der Waals surface area contributed by atoms with Gasteiger partial charge in [-0.05, 0) is 47.7 Å². The van der Waals surface area contributed by atoms with E-state index in [1.807, 2.05) is 0 Å². The van der Waals surface area contributed by atoms with Gasteiger partial charge in [-0.15, -0.1) is 0 Å². The number of hydrogen-bond acceptors (Lipinski definition) is 2. The van der Waals surface area contributed by atoms with Gasteiger partial charge in [-0.25, -0.2) is 0 Å². The van der Waals surface area contributed by atoms with Crippen LogP contribution in [0.2, 0.25) is 0 Å². The Kier molecular flexibility index (Phi) is 3.87. The number of anilines is 1. The van der Waals surface area contributed by atoms with Crippen molar-refractivity contribution in [2.24, 2.45) is 0 Å². The number of benzene rings is 2. The van der Waals surface area contributed by atoms with E-state index in [1.165, 1.54) is 22.4 Å². The number of fused-ring (bicyclic) bond motifs is 1. The van der Waals surface area contributed by atoms with Crippen LogP contribution in [0.3, 0.4) is 0 Å². The zero-order valence-electron chi connectivity index (χ0n) is 13.0. The standard InChI is InChI=1S/C19H23NO/c1-13(2)17-6-4-5-7-18(17)20-14(3)15-8-9-19-16(12-15)10-11-21-19/h4-9,12-14,20H,10-11H2,1-3H3. The van der Waals surface area contributed by atoms with E-state index in [0.717, 1.165) is 18.8 Å². The first-order valence-electron chi connectivity index (χ1n) is 7.76. The van der Waals surface area contributed by atoms with Gasteiger partial charge in [0.05, 0.1) is 6.61 Å². The lowest BCUT2D eigenvalue weighted by Gasteiger charge is -2.20. The van der Waals surface area contributed by atoms with Crippen LogP contribution in [0.4, 0.5) is 5.69 Å². The minimum Gasteiger partial charge on any atom is -0.493 e. The monoisotopic (exact) mass is 281 g/mol. The molecule has 0 fully saturated rings. The molecule has 0 aromatic heterocycles. The molecule has 21 heavy (non-hydrogen) atoms. The Morgan fingerprint density at radius 3 is 2.67 bits per heavy atom. The third kappa shape index (κ3) is 2.90. The van der Waals surface area contributed by atoms with Gasteiger partial charge in [0, 0.05) is 18.2 Å². The maximum atomic E-state index is 5.58. The van der Waals surface area contributed by atoms with Crippen LogP contribution in [0, 0.1) is 0 Å². The molecule has 2 aromatic rings. The molecule has 1 aliphatic heterocycles. The number of para-hydroxylation sites is 1. The van der Waals surface area contributed by atoms with Gasteiger partial charge >= 0.3 is 0 Å². The molecule has 2 heteroatoms. The van der Waals surface area contributed by atoms with Crippen molar-refractivity contribution in [2.75, 3.05) is 11.9 Å². The molecule has 1 atom stereocenters. The second-order valence-corrected chi connectivity index (χ2v) is 6.07. The van der Waals surface area contributed by atoms with E-state index in [4.69, 9.17) is 4.74 Å². The average molecular weight is 281 g/mol. The first-order chi connectivity index (χ1) is 10.1. The van der Waals surface area contributed by atoms with Crippen LogP contribution in [-0.2, 0) is 6.42 Å². The predicted molar refractivity (Wildman–Crippen MR) is 88.2 cm³/mol. The zero-order chi connectivity index (χ0) is 14.8. The second-order valence-electron chi connectivity index (χ2n) is 6.07. The van der Waals surface area contributed by atoms with Crippen molar-refractivity contribution in [2.45, 2.75) is 39.2 Å². The summed E-state index contributed by atoms with van der Waals surface area (Å²) in [7, 11) is 0. The van der Waals surface area contributed by atoms with Crippen LogP contribution in [-0.4, -0.2) is 6.61 Å². The largest absolute Gasteiger partial charge is 0.493 e. The highest BCUT2D eigenvalue weighted by Crippen LogP contribution is 2.31. The molecule has 0 aliphatic carbocycles. The quantitative estimate of drug-likeness (QED) is 0.859. The van der Waals surface area contributed by atoms with Gasteiger partial charge in [-0.2, -0.15) is 0 Å². The summed E-state index contributed by atoms with van der Waals surface area (Å²) in [6, 6.07) is 15.4. The maximum Gasteiger partial charge on any atom is 0.122 e. The van der Waals surface area contributed by atoms with Crippen LogP contribution in [0.1, 0.15) is 49.4 Å². The van der Waals surface area contributed by atoms with Crippen LogP contribution >= 0.6 is 0 Å². The molecule has 1 unspecified atom stereocenters. The summed E-state index contributed by atoms with van der Waals surface area (Å²) in [5.74, 6) is 1.57. The number of rotatable bonds is 4. The molecule has 0 spiro atoms. The van der Waals surface area contributed by atoms with Gasteiger partial charge in [0.2, 0.25) is 0 Å². The van der Waals surface area contributed by atoms with Crippen LogP contribution < -0.4 is 10.1 Å². The zero-order valence-corrected chi connectivity index (χ0v) is 13.0. The SMILES string of the molecule is CC(C)c1ccccc1NC(C)c1ccc2c(c1)CCO2. The lowest BCUT2D eigenvalue weighted by molar-refractivity contribution is 0.357. The van der Waals surface area contributed by atoms with Crippen LogP contribution in [0.25, 0.3) is 0 Å². The molecule has 1 heterocycles. The van der Waals surface area contributed by atoms with E-state index in [0.29, 0.717) is 5.92 Å². The molecule has 0 amide bonds. The summed E-state index contributed by atoms with van der Waals surface area (Å²) < 4.78 is 5.58. The Morgan fingerprint density at radius 1 is 1.05 bits per heavy atom. The van der Waals surface area contributed by atoms with Gasteiger partial charge in [0.1, 0.15) is 5.75 Å². The molecule has 1 N–H and O–H groups in total. The van der Waals surface area contributed by atoms with E-state index in [9.17, 15) is 0 Å². The normalized spacial score (nSPS) is 14.7. The minimum atomic E-state index is 0.288. The van der Waals surface area contributed by atoms with Crippen LogP contribution in [0.15, 0.2) is 42.5 Å². The Hall–Kier alpha value is -1.96. The molecular weight excluding hydrogens is 258 g/mol. The topological polar surface area (TPSA) is 21.3 Å². The van der Waals surface area contributed by atoms with E-state index in [1.54, 1.807) is 0 Å². The van der Waals surface area contributed by atoms with E-state index in [2.05, 4.69) is 68.6 Å². The maximum absolute atomic E-state index is 5.58. The van der Waals surface area contributed by atoms with Gasteiger partial charge in [-0.3, -0.25) is 0 Å². The van der Waals surface area contributed by atoms with Crippen LogP contribution in [0.5, 0.6) is 5.75 Å². The Morgan fingerprint density at radius 2 is 1.86 bits per heavy atom. The first kappa shape index (κ1) is 14.0. The Balaban J connectivity index is 1.82. The van der Waals surface area contributed by atoms with Gasteiger partial charge in [0.25, 0.3) is 0 Å². The van der Waals surface area contributed by atoms with E-state index in [-0.39, 0.29) is 6.04 Å². The fourth-order valence-corrected chi connectivity index (χ4v) is 2.92. The lowest BCUT2D eigenvalue weighted by atomic mass is 9.99. The number of ether oxygens (including phenoxy) is 1. The van der Waals surface area contributed by atoms with Crippen molar-refractivity contribution in [1.82, 2.24) is 0 Å². The highest BCUT2D eigenvalue weighted by atomic mass is 16.5. The summed E-state index contributed by atoms with van der Waals surface area (Å²) >= 11 is 0. The number of hydrogen-bond donors (Lipinski definition) is 1. The van der Waals surface area contributed by atoms with Crippen molar-refractivity contribution >= 4 is 5.69 Å². The fourth-order valence-electron chi connectivity index (χ4n) is 2.92.